The van der Waals surface area contributed by atoms with E-state index in [0.29, 0.717) is 6.42 Å². The molecule has 0 aliphatic heterocycles. The van der Waals surface area contributed by atoms with Crippen LogP contribution in [0.4, 0.5) is 13.2 Å². The molecule has 0 aliphatic rings. The zero-order chi connectivity index (χ0) is 12.6. The topological polar surface area (TPSA) is 64.9 Å². The average molecular weight is 237 g/mol. The molecule has 1 aromatic heterocycles. The van der Waals surface area contributed by atoms with Gasteiger partial charge in [-0.25, -0.2) is 0 Å². The number of halogens is 3. The lowest BCUT2D eigenvalue weighted by Crippen LogP contribution is -2.20. The van der Waals surface area contributed by atoms with Gasteiger partial charge in [0.1, 0.15) is 0 Å². The van der Waals surface area contributed by atoms with Crippen molar-refractivity contribution in [2.75, 3.05) is 0 Å². The molecule has 4 nitrogen and oxygen atoms in total. The van der Waals surface area contributed by atoms with Gasteiger partial charge in [0, 0.05) is 0 Å². The van der Waals surface area contributed by atoms with Crippen molar-refractivity contribution in [3.63, 3.8) is 0 Å². The molecule has 16 heavy (non-hydrogen) atoms. The Morgan fingerprint density at radius 1 is 1.31 bits per heavy atom. The van der Waals surface area contributed by atoms with Crippen molar-refractivity contribution in [2.24, 2.45) is 11.1 Å². The first-order chi connectivity index (χ1) is 7.09. The van der Waals surface area contributed by atoms with Gasteiger partial charge in [-0.05, 0) is 11.8 Å². The van der Waals surface area contributed by atoms with Gasteiger partial charge in [0.25, 0.3) is 0 Å². The minimum Gasteiger partial charge on any atom is -0.329 e. The molecule has 92 valence electrons. The van der Waals surface area contributed by atoms with Crippen LogP contribution in [0.2, 0.25) is 0 Å². The Bertz CT molecular complexity index is 354. The normalized spacial score (nSPS) is 15.2. The molecule has 0 amide bonds. The summed E-state index contributed by atoms with van der Waals surface area (Å²) < 4.78 is 40.6. The largest absolute Gasteiger partial charge is 0.471 e. The summed E-state index contributed by atoms with van der Waals surface area (Å²) in [6.07, 6.45) is -4.14. The fraction of sp³-hybridized carbons (Fsp3) is 0.778. The molecule has 1 atom stereocenters. The van der Waals surface area contributed by atoms with Crippen molar-refractivity contribution in [3.05, 3.63) is 11.7 Å². The standard InChI is InChI=1S/C9H14F3N3O/c1-8(2,3)4-5(13)6-14-7(16-15-6)9(10,11)12/h5H,4,13H2,1-3H3. The van der Waals surface area contributed by atoms with Crippen LogP contribution in [0.25, 0.3) is 0 Å². The Morgan fingerprint density at radius 2 is 1.88 bits per heavy atom. The lowest BCUT2D eigenvalue weighted by atomic mass is 9.88. The lowest BCUT2D eigenvalue weighted by molar-refractivity contribution is -0.159. The quantitative estimate of drug-likeness (QED) is 0.858. The Kier molecular flexibility index (Phi) is 3.27. The van der Waals surface area contributed by atoms with E-state index in [1.807, 2.05) is 20.8 Å². The maximum absolute atomic E-state index is 12.2. The summed E-state index contributed by atoms with van der Waals surface area (Å²) in [6.45, 7) is 5.78. The van der Waals surface area contributed by atoms with Crippen LogP contribution >= 0.6 is 0 Å². The molecule has 7 heteroatoms. The van der Waals surface area contributed by atoms with Gasteiger partial charge in [0.05, 0.1) is 6.04 Å². The monoisotopic (exact) mass is 237 g/mol. The van der Waals surface area contributed by atoms with E-state index in [9.17, 15) is 13.2 Å². The van der Waals surface area contributed by atoms with E-state index in [0.717, 1.165) is 0 Å². The van der Waals surface area contributed by atoms with Crippen LogP contribution in [0, 0.1) is 5.41 Å². The molecule has 0 radical (unpaired) electrons. The Hall–Kier alpha value is -1.11. The smallest absolute Gasteiger partial charge is 0.329 e. The summed E-state index contributed by atoms with van der Waals surface area (Å²) in [7, 11) is 0. The fourth-order valence-electron chi connectivity index (χ4n) is 1.25. The zero-order valence-corrected chi connectivity index (χ0v) is 9.30. The van der Waals surface area contributed by atoms with E-state index < -0.39 is 18.1 Å². The second-order valence-corrected chi connectivity index (χ2v) is 4.83. The summed E-state index contributed by atoms with van der Waals surface area (Å²) in [6, 6.07) is -0.653. The zero-order valence-electron chi connectivity index (χ0n) is 9.30. The van der Waals surface area contributed by atoms with E-state index in [-0.39, 0.29) is 11.2 Å². The van der Waals surface area contributed by atoms with E-state index in [4.69, 9.17) is 5.73 Å². The molecule has 2 N–H and O–H groups in total. The third kappa shape index (κ3) is 3.48. The highest BCUT2D eigenvalue weighted by Crippen LogP contribution is 2.30. The number of rotatable bonds is 2. The van der Waals surface area contributed by atoms with Crippen LogP contribution in [0.15, 0.2) is 4.52 Å². The van der Waals surface area contributed by atoms with Crippen molar-refractivity contribution in [3.8, 4) is 0 Å². The number of hydrogen-bond donors (Lipinski definition) is 1. The van der Waals surface area contributed by atoms with Gasteiger partial charge >= 0.3 is 12.1 Å². The van der Waals surface area contributed by atoms with Crippen molar-refractivity contribution >= 4 is 0 Å². The van der Waals surface area contributed by atoms with Crippen LogP contribution in [-0.4, -0.2) is 10.1 Å². The Balaban J connectivity index is 2.79. The maximum Gasteiger partial charge on any atom is 0.471 e. The molecule has 0 fully saturated rings. The van der Waals surface area contributed by atoms with Gasteiger partial charge < -0.3 is 10.3 Å². The predicted molar refractivity (Wildman–Crippen MR) is 50.3 cm³/mol. The minimum absolute atomic E-state index is 0.109. The van der Waals surface area contributed by atoms with Crippen LogP contribution in [-0.2, 0) is 6.18 Å². The lowest BCUT2D eigenvalue weighted by Gasteiger charge is -2.20. The molecule has 0 aromatic carbocycles. The molecule has 1 heterocycles. The summed E-state index contributed by atoms with van der Waals surface area (Å²) in [5.74, 6) is -1.46. The number of alkyl halides is 3. The van der Waals surface area contributed by atoms with Gasteiger partial charge in [-0.15, -0.1) is 0 Å². The molecule has 1 aromatic rings. The number of aromatic nitrogens is 2. The van der Waals surface area contributed by atoms with Crippen LogP contribution < -0.4 is 5.73 Å². The Labute approximate surface area is 91.0 Å². The summed E-state index contributed by atoms with van der Waals surface area (Å²) in [4.78, 5) is 3.24. The van der Waals surface area contributed by atoms with E-state index in [1.54, 1.807) is 0 Å². The molecule has 1 unspecified atom stereocenters. The summed E-state index contributed by atoms with van der Waals surface area (Å²) in [5.41, 5.74) is 5.57. The SMILES string of the molecule is CC(C)(C)CC(N)c1noc(C(F)(F)F)n1. The molecule has 0 saturated heterocycles. The summed E-state index contributed by atoms with van der Waals surface area (Å²) in [5, 5.41) is 3.24. The molecule has 0 spiro atoms. The van der Waals surface area contributed by atoms with Crippen molar-refractivity contribution in [2.45, 2.75) is 39.4 Å². The van der Waals surface area contributed by atoms with Gasteiger partial charge in [0.2, 0.25) is 0 Å². The van der Waals surface area contributed by atoms with Crippen LogP contribution in [0.3, 0.4) is 0 Å². The average Bonchev–Trinajstić information content (AvgIpc) is 2.46. The predicted octanol–water partition coefficient (Wildman–Crippen LogP) is 2.52. The van der Waals surface area contributed by atoms with Gasteiger partial charge in [-0.1, -0.05) is 25.9 Å². The molecule has 0 aliphatic carbocycles. The van der Waals surface area contributed by atoms with Gasteiger partial charge in [-0.2, -0.15) is 18.2 Å². The third-order valence-corrected chi connectivity index (χ3v) is 1.85. The van der Waals surface area contributed by atoms with Crippen molar-refractivity contribution in [1.29, 1.82) is 0 Å². The third-order valence-electron chi connectivity index (χ3n) is 1.85. The molecule has 0 bridgehead atoms. The highest BCUT2D eigenvalue weighted by atomic mass is 19.4. The number of hydrogen-bond acceptors (Lipinski definition) is 4. The first kappa shape index (κ1) is 13.0. The first-order valence-corrected chi connectivity index (χ1v) is 4.76. The molecular formula is C9H14F3N3O. The number of nitrogens with two attached hydrogens (primary N) is 1. The molecule has 1 rings (SSSR count). The van der Waals surface area contributed by atoms with E-state index in [2.05, 4.69) is 14.7 Å². The van der Waals surface area contributed by atoms with Gasteiger partial charge in [0.15, 0.2) is 5.82 Å². The van der Waals surface area contributed by atoms with Crippen LogP contribution in [0.1, 0.15) is 44.9 Å². The highest BCUT2D eigenvalue weighted by Gasteiger charge is 2.39. The van der Waals surface area contributed by atoms with Crippen molar-refractivity contribution in [1.82, 2.24) is 10.1 Å². The van der Waals surface area contributed by atoms with Gasteiger partial charge in [-0.3, -0.25) is 0 Å². The van der Waals surface area contributed by atoms with E-state index >= 15 is 0 Å². The van der Waals surface area contributed by atoms with Crippen LogP contribution in [0.5, 0.6) is 0 Å². The fourth-order valence-corrected chi connectivity index (χ4v) is 1.25. The number of nitrogens with zero attached hydrogens (tertiary/aromatic N) is 2. The minimum atomic E-state index is -4.62. The Morgan fingerprint density at radius 3 is 2.25 bits per heavy atom. The van der Waals surface area contributed by atoms with E-state index in [1.165, 1.54) is 0 Å². The second-order valence-electron chi connectivity index (χ2n) is 4.83. The maximum atomic E-state index is 12.2. The molecule has 0 saturated carbocycles. The first-order valence-electron chi connectivity index (χ1n) is 4.76. The molecular weight excluding hydrogens is 223 g/mol. The summed E-state index contributed by atoms with van der Waals surface area (Å²) >= 11 is 0. The van der Waals surface area contributed by atoms with Crippen molar-refractivity contribution < 1.29 is 17.7 Å². The highest BCUT2D eigenvalue weighted by molar-refractivity contribution is 4.96. The second kappa shape index (κ2) is 4.04.